The molecule has 48 heavy (non-hydrogen) atoms. The first-order chi connectivity index (χ1) is 22.7. The molecule has 256 valence electrons. The van der Waals surface area contributed by atoms with Crippen molar-refractivity contribution in [3.8, 4) is 28.5 Å². The average molecular weight is 667 g/mol. The monoisotopic (exact) mass is 666 g/mol. The Kier molecular flexibility index (Phi) is 11.5. The minimum absolute atomic E-state index is 0.117. The molecule has 2 heterocycles. The Hall–Kier alpha value is -5.34. The number of hydrogen-bond acceptors (Lipinski definition) is 12. The number of rotatable bonds is 13. The fourth-order valence-corrected chi connectivity index (χ4v) is 4.13. The lowest BCUT2D eigenvalue weighted by molar-refractivity contribution is -0.143. The molecule has 2 atom stereocenters. The Morgan fingerprint density at radius 1 is 0.917 bits per heavy atom. The van der Waals surface area contributed by atoms with Crippen molar-refractivity contribution in [2.75, 3.05) is 13.2 Å². The summed E-state index contributed by atoms with van der Waals surface area (Å²) in [5, 5.41) is 12.8. The van der Waals surface area contributed by atoms with Crippen LogP contribution in [0.3, 0.4) is 0 Å². The van der Waals surface area contributed by atoms with Gasteiger partial charge in [-0.2, -0.15) is 9.97 Å². The lowest BCUT2D eigenvalue weighted by atomic mass is 10.1. The first-order valence-corrected chi connectivity index (χ1v) is 15.4. The molecule has 0 aliphatic carbocycles. The molecular formula is C33H39FN6O8. The van der Waals surface area contributed by atoms with Crippen molar-refractivity contribution in [3.63, 3.8) is 0 Å². The van der Waals surface area contributed by atoms with E-state index in [0.29, 0.717) is 29.4 Å². The van der Waals surface area contributed by atoms with Crippen LogP contribution in [0.1, 0.15) is 89.0 Å². The topological polar surface area (TPSA) is 181 Å². The summed E-state index contributed by atoms with van der Waals surface area (Å²) in [7, 11) is 0. The molecule has 2 aromatic heterocycles. The van der Waals surface area contributed by atoms with E-state index in [1.165, 1.54) is 12.1 Å². The van der Waals surface area contributed by atoms with Gasteiger partial charge in [-0.05, 0) is 70.5 Å². The molecule has 0 saturated carbocycles. The Morgan fingerprint density at radius 3 is 2.15 bits per heavy atom. The van der Waals surface area contributed by atoms with Crippen molar-refractivity contribution in [3.05, 3.63) is 65.6 Å². The first kappa shape index (κ1) is 35.5. The predicted molar refractivity (Wildman–Crippen MR) is 169 cm³/mol. The molecule has 0 bridgehead atoms. The van der Waals surface area contributed by atoms with Gasteiger partial charge in [0.05, 0.1) is 11.6 Å². The maximum Gasteiger partial charge on any atom is 0.408 e. The predicted octanol–water partition coefficient (Wildman–Crippen LogP) is 5.77. The third kappa shape index (κ3) is 9.83. The third-order valence-corrected chi connectivity index (χ3v) is 6.53. The number of benzene rings is 2. The van der Waals surface area contributed by atoms with Gasteiger partial charge in [0.1, 0.15) is 30.3 Å². The summed E-state index contributed by atoms with van der Waals surface area (Å²) in [6, 6.07) is 10.4. The Bertz CT molecular complexity index is 1710. The Morgan fingerprint density at radius 2 is 1.54 bits per heavy atom. The molecule has 2 amide bonds. The van der Waals surface area contributed by atoms with Crippen molar-refractivity contribution in [2.24, 2.45) is 0 Å². The van der Waals surface area contributed by atoms with Crippen LogP contribution < -0.4 is 15.4 Å². The molecule has 0 aliphatic rings. The highest BCUT2D eigenvalue weighted by Crippen LogP contribution is 2.28. The minimum atomic E-state index is -0.812. The third-order valence-electron chi connectivity index (χ3n) is 6.53. The summed E-state index contributed by atoms with van der Waals surface area (Å²) in [4.78, 5) is 45.1. The number of alkyl carbamates (subject to hydrolysis) is 1. The van der Waals surface area contributed by atoms with E-state index in [9.17, 15) is 14.4 Å². The number of ether oxygens (including phenoxy) is 3. The quantitative estimate of drug-likeness (QED) is 0.165. The largest absolute Gasteiger partial charge is 0.481 e. The summed E-state index contributed by atoms with van der Waals surface area (Å²) in [5.41, 5.74) is 0.117. The van der Waals surface area contributed by atoms with Crippen molar-refractivity contribution < 1.29 is 42.0 Å². The number of nitrogens with one attached hydrogen (secondary N) is 2. The second-order valence-corrected chi connectivity index (χ2v) is 12.2. The molecule has 0 fully saturated rings. The number of hydrogen-bond donors (Lipinski definition) is 2. The highest BCUT2D eigenvalue weighted by molar-refractivity contribution is 5.95. The molecule has 2 unspecified atom stereocenters. The van der Waals surface area contributed by atoms with Crippen LogP contribution >= 0.6 is 0 Å². The van der Waals surface area contributed by atoms with Gasteiger partial charge in [-0.3, -0.25) is 9.59 Å². The van der Waals surface area contributed by atoms with Gasteiger partial charge in [0, 0.05) is 17.0 Å². The number of aromatic nitrogens is 4. The van der Waals surface area contributed by atoms with E-state index in [1.54, 1.807) is 39.8 Å². The van der Waals surface area contributed by atoms with E-state index in [2.05, 4.69) is 30.9 Å². The van der Waals surface area contributed by atoms with E-state index in [4.69, 9.17) is 23.3 Å². The Balaban J connectivity index is 1.30. The molecule has 4 rings (SSSR count). The first-order valence-electron chi connectivity index (χ1n) is 15.4. The van der Waals surface area contributed by atoms with Gasteiger partial charge in [0.15, 0.2) is 6.10 Å². The number of amides is 2. The summed E-state index contributed by atoms with van der Waals surface area (Å²) >= 11 is 0. The van der Waals surface area contributed by atoms with Crippen LogP contribution in [0.2, 0.25) is 0 Å². The zero-order chi connectivity index (χ0) is 35.0. The van der Waals surface area contributed by atoms with E-state index in [0.717, 1.165) is 11.6 Å². The zero-order valence-corrected chi connectivity index (χ0v) is 27.8. The van der Waals surface area contributed by atoms with Gasteiger partial charge in [-0.25, -0.2) is 9.18 Å². The van der Waals surface area contributed by atoms with Crippen molar-refractivity contribution in [1.29, 1.82) is 0 Å². The fraction of sp³-hybridized carbons (Fsp3) is 0.424. The number of halogens is 1. The van der Waals surface area contributed by atoms with E-state index in [-0.39, 0.29) is 29.8 Å². The number of nitrogens with zero attached hydrogens (tertiary/aromatic N) is 4. The molecule has 0 spiro atoms. The average Bonchev–Trinajstić information content (AvgIpc) is 3.72. The van der Waals surface area contributed by atoms with E-state index in [1.807, 2.05) is 32.9 Å². The number of carbonyl (C=O) groups excluding carboxylic acids is 3. The summed E-state index contributed by atoms with van der Waals surface area (Å²) in [5.74, 6) is -0.228. The summed E-state index contributed by atoms with van der Waals surface area (Å²) in [6.45, 7) is 11.9. The lowest BCUT2D eigenvalue weighted by Crippen LogP contribution is -2.39. The lowest BCUT2D eigenvalue weighted by Gasteiger charge is -2.19. The van der Waals surface area contributed by atoms with Crippen molar-refractivity contribution >= 4 is 18.0 Å². The number of esters is 1. The summed E-state index contributed by atoms with van der Waals surface area (Å²) in [6.07, 6.45) is -0.833. The molecule has 2 N–H and O–H groups in total. The van der Waals surface area contributed by atoms with Gasteiger partial charge < -0.3 is 33.9 Å². The molecule has 0 saturated heterocycles. The fourth-order valence-electron chi connectivity index (χ4n) is 4.13. The van der Waals surface area contributed by atoms with Gasteiger partial charge in [0.25, 0.3) is 11.8 Å². The van der Waals surface area contributed by atoms with Gasteiger partial charge >= 0.3 is 12.1 Å². The Labute approximate surface area is 276 Å². The highest BCUT2D eigenvalue weighted by atomic mass is 19.1. The van der Waals surface area contributed by atoms with Crippen LogP contribution in [-0.2, 0) is 14.3 Å². The molecule has 0 aliphatic heterocycles. The van der Waals surface area contributed by atoms with Crippen LogP contribution in [0.5, 0.6) is 5.75 Å². The van der Waals surface area contributed by atoms with Crippen LogP contribution in [0.15, 0.2) is 51.5 Å². The molecule has 14 nitrogen and oxygen atoms in total. The maximum atomic E-state index is 15.0. The van der Waals surface area contributed by atoms with Gasteiger partial charge in [-0.1, -0.05) is 37.2 Å². The van der Waals surface area contributed by atoms with E-state index < -0.39 is 48.1 Å². The van der Waals surface area contributed by atoms with Crippen molar-refractivity contribution in [1.82, 2.24) is 30.9 Å². The highest BCUT2D eigenvalue weighted by Gasteiger charge is 2.23. The molecular weight excluding hydrogens is 627 g/mol. The molecule has 2 aromatic carbocycles. The maximum absolute atomic E-state index is 15.0. The van der Waals surface area contributed by atoms with Crippen LogP contribution in [0.25, 0.3) is 22.8 Å². The van der Waals surface area contributed by atoms with Crippen molar-refractivity contribution in [2.45, 2.75) is 78.6 Å². The van der Waals surface area contributed by atoms with Gasteiger partial charge in [-0.15, -0.1) is 0 Å². The zero-order valence-electron chi connectivity index (χ0n) is 27.8. The smallest absolute Gasteiger partial charge is 0.408 e. The normalized spacial score (nSPS) is 12.7. The van der Waals surface area contributed by atoms with Gasteiger partial charge in [0.2, 0.25) is 17.5 Å². The van der Waals surface area contributed by atoms with Crippen LogP contribution in [0, 0.1) is 5.82 Å². The number of carbonyl (C=O) groups is 3. The standard InChI is InChI=1S/C33H39FN6O8/c1-8-25(45-22-12-9-20(10-13-22)27-37-30(18(2)3)47-39-27)31-38-28(40-48-31)21-11-14-23(24(34)15-21)29(42)36-19(4)17-44-26(41)16-35-32(43)46-33(5,6)7/h9-15,18-19,25H,8,16-17H2,1-7H3,(H,35,43)(H,36,42). The SMILES string of the molecule is CCC(Oc1ccc(-c2noc(C(C)C)n2)cc1)c1nc(-c2ccc(C(=O)NC(C)COC(=O)CNC(=O)OC(C)(C)C)c(F)c2)no1. The second kappa shape index (κ2) is 15.5. The summed E-state index contributed by atoms with van der Waals surface area (Å²) < 4.78 is 41.9. The van der Waals surface area contributed by atoms with Crippen LogP contribution in [-0.4, -0.2) is 63.0 Å². The molecule has 4 aromatic rings. The van der Waals surface area contributed by atoms with Crippen LogP contribution in [0.4, 0.5) is 9.18 Å². The van der Waals surface area contributed by atoms with E-state index >= 15 is 4.39 Å². The second-order valence-electron chi connectivity index (χ2n) is 12.2. The molecule has 0 radical (unpaired) electrons. The molecule has 15 heteroatoms. The minimum Gasteiger partial charge on any atom is -0.481 e.